The first-order chi connectivity index (χ1) is 13.1. The number of hydrogen-bond donors (Lipinski definition) is 2. The molecule has 27 heavy (non-hydrogen) atoms. The van der Waals surface area contributed by atoms with E-state index in [0.29, 0.717) is 12.0 Å². The van der Waals surface area contributed by atoms with Crippen molar-refractivity contribution in [3.05, 3.63) is 35.9 Å². The van der Waals surface area contributed by atoms with E-state index in [1.807, 2.05) is 11.0 Å². The highest BCUT2D eigenvalue weighted by Gasteiger charge is 2.38. The summed E-state index contributed by atoms with van der Waals surface area (Å²) in [5, 5.41) is 12.3. The van der Waals surface area contributed by atoms with Crippen LogP contribution in [0.4, 0.5) is 0 Å². The average Bonchev–Trinajstić information content (AvgIpc) is 3.23. The van der Waals surface area contributed by atoms with Gasteiger partial charge < -0.3 is 15.3 Å². The number of rotatable bonds is 6. The second-order valence-electron chi connectivity index (χ2n) is 7.58. The Hall–Kier alpha value is -2.37. The van der Waals surface area contributed by atoms with Crippen LogP contribution in [-0.4, -0.2) is 47.4 Å². The van der Waals surface area contributed by atoms with E-state index in [4.69, 9.17) is 0 Å². The molecule has 2 N–H and O–H groups in total. The van der Waals surface area contributed by atoms with Crippen LogP contribution in [0.25, 0.3) is 0 Å². The van der Waals surface area contributed by atoms with E-state index in [0.717, 1.165) is 45.2 Å². The lowest BCUT2D eigenvalue weighted by Gasteiger charge is -2.32. The molecule has 1 saturated heterocycles. The maximum atomic E-state index is 12.8. The lowest BCUT2D eigenvalue weighted by atomic mass is 9.77. The molecule has 1 heterocycles. The van der Waals surface area contributed by atoms with E-state index in [1.54, 1.807) is 24.3 Å². The third kappa shape index (κ3) is 4.67. The highest BCUT2D eigenvalue weighted by molar-refractivity contribution is 5.88. The van der Waals surface area contributed by atoms with E-state index >= 15 is 0 Å². The molecule has 1 aliphatic heterocycles. The summed E-state index contributed by atoms with van der Waals surface area (Å²) in [5.74, 6) is -2.45. The first kappa shape index (κ1) is 19.4. The number of carbonyl (C=O) groups is 3. The van der Waals surface area contributed by atoms with Crippen molar-refractivity contribution in [3.63, 3.8) is 0 Å². The second kappa shape index (κ2) is 9.02. The number of carboxylic acids is 1. The zero-order chi connectivity index (χ0) is 19.2. The standard InChI is InChI=1S/C21H28N2O4/c24-19(22-14-18(21(26)27)15-8-2-1-3-9-15)16-10-4-5-11-17(16)20(25)23-12-6-7-13-23/h1-3,8-9,16-18H,4-7,10-14H2,(H,22,24)(H,26,27). The highest BCUT2D eigenvalue weighted by atomic mass is 16.4. The topological polar surface area (TPSA) is 86.7 Å². The van der Waals surface area contributed by atoms with Crippen LogP contribution >= 0.6 is 0 Å². The first-order valence-corrected chi connectivity index (χ1v) is 9.92. The molecule has 0 aromatic heterocycles. The Morgan fingerprint density at radius 1 is 1.00 bits per heavy atom. The van der Waals surface area contributed by atoms with E-state index < -0.39 is 11.9 Å². The van der Waals surface area contributed by atoms with Crippen molar-refractivity contribution >= 4 is 17.8 Å². The normalized spacial score (nSPS) is 23.6. The molecule has 0 radical (unpaired) electrons. The summed E-state index contributed by atoms with van der Waals surface area (Å²) in [4.78, 5) is 39.2. The fourth-order valence-corrected chi connectivity index (χ4v) is 4.28. The molecule has 1 saturated carbocycles. The number of nitrogens with one attached hydrogen (secondary N) is 1. The molecule has 3 rings (SSSR count). The Labute approximate surface area is 159 Å². The smallest absolute Gasteiger partial charge is 0.312 e. The van der Waals surface area contributed by atoms with E-state index in [-0.39, 0.29) is 30.2 Å². The van der Waals surface area contributed by atoms with Crippen LogP contribution < -0.4 is 5.32 Å². The Kier molecular flexibility index (Phi) is 6.48. The van der Waals surface area contributed by atoms with Crippen molar-refractivity contribution < 1.29 is 19.5 Å². The minimum atomic E-state index is -0.963. The minimum Gasteiger partial charge on any atom is -0.481 e. The average molecular weight is 372 g/mol. The number of amides is 2. The summed E-state index contributed by atoms with van der Waals surface area (Å²) in [6.07, 6.45) is 5.41. The molecule has 0 spiro atoms. The summed E-state index contributed by atoms with van der Waals surface area (Å²) >= 11 is 0. The third-order valence-corrected chi connectivity index (χ3v) is 5.82. The maximum Gasteiger partial charge on any atom is 0.312 e. The van der Waals surface area contributed by atoms with Crippen molar-refractivity contribution in [3.8, 4) is 0 Å². The number of carboxylic acid groups (broad SMARTS) is 1. The number of hydrogen-bond acceptors (Lipinski definition) is 3. The van der Waals surface area contributed by atoms with Gasteiger partial charge in [0.1, 0.15) is 0 Å². The molecular formula is C21H28N2O4. The molecule has 2 amide bonds. The Balaban J connectivity index is 1.64. The van der Waals surface area contributed by atoms with Crippen LogP contribution in [0.15, 0.2) is 30.3 Å². The molecule has 1 aromatic carbocycles. The molecule has 1 aromatic rings. The van der Waals surface area contributed by atoms with Gasteiger partial charge in [0.05, 0.1) is 5.92 Å². The van der Waals surface area contributed by atoms with Crippen molar-refractivity contribution in [2.24, 2.45) is 11.8 Å². The summed E-state index contributed by atoms with van der Waals surface area (Å²) in [6.45, 7) is 1.62. The van der Waals surface area contributed by atoms with Crippen molar-refractivity contribution in [2.45, 2.75) is 44.4 Å². The molecule has 6 heteroatoms. The highest BCUT2D eigenvalue weighted by Crippen LogP contribution is 2.32. The van der Waals surface area contributed by atoms with Crippen LogP contribution in [0.2, 0.25) is 0 Å². The van der Waals surface area contributed by atoms with Crippen LogP contribution in [0, 0.1) is 11.8 Å². The van der Waals surface area contributed by atoms with Gasteiger partial charge in [-0.25, -0.2) is 0 Å². The predicted octanol–water partition coefficient (Wildman–Crippen LogP) is 2.40. The summed E-state index contributed by atoms with van der Waals surface area (Å²) in [5.41, 5.74) is 0.665. The minimum absolute atomic E-state index is 0.0410. The van der Waals surface area contributed by atoms with Gasteiger partial charge in [0.2, 0.25) is 11.8 Å². The maximum absolute atomic E-state index is 12.8. The number of aliphatic carboxylic acids is 1. The number of carbonyl (C=O) groups excluding carboxylic acids is 2. The molecular weight excluding hydrogens is 344 g/mol. The Bertz CT molecular complexity index is 670. The van der Waals surface area contributed by atoms with Gasteiger partial charge in [-0.15, -0.1) is 0 Å². The van der Waals surface area contributed by atoms with Crippen molar-refractivity contribution in [1.82, 2.24) is 10.2 Å². The van der Waals surface area contributed by atoms with Gasteiger partial charge in [0.25, 0.3) is 0 Å². The largest absolute Gasteiger partial charge is 0.481 e. The monoisotopic (exact) mass is 372 g/mol. The zero-order valence-electron chi connectivity index (χ0n) is 15.6. The van der Waals surface area contributed by atoms with Crippen molar-refractivity contribution in [1.29, 1.82) is 0 Å². The Morgan fingerprint density at radius 3 is 2.26 bits per heavy atom. The van der Waals surface area contributed by atoms with Gasteiger partial charge in [0, 0.05) is 31.5 Å². The van der Waals surface area contributed by atoms with E-state index in [9.17, 15) is 19.5 Å². The van der Waals surface area contributed by atoms with Gasteiger partial charge >= 0.3 is 5.97 Å². The molecule has 1 aliphatic carbocycles. The zero-order valence-corrected chi connectivity index (χ0v) is 15.6. The fourth-order valence-electron chi connectivity index (χ4n) is 4.28. The summed E-state index contributed by atoms with van der Waals surface area (Å²) in [7, 11) is 0. The van der Waals surface area contributed by atoms with Crippen LogP contribution in [0.1, 0.15) is 50.0 Å². The van der Waals surface area contributed by atoms with E-state index in [1.165, 1.54) is 0 Å². The number of benzene rings is 1. The molecule has 2 aliphatic rings. The number of nitrogens with zero attached hydrogens (tertiary/aromatic N) is 1. The van der Waals surface area contributed by atoms with Crippen LogP contribution in [0.3, 0.4) is 0 Å². The molecule has 0 bridgehead atoms. The first-order valence-electron chi connectivity index (χ1n) is 9.92. The van der Waals surface area contributed by atoms with Gasteiger partial charge in [-0.05, 0) is 31.2 Å². The van der Waals surface area contributed by atoms with Crippen molar-refractivity contribution in [2.75, 3.05) is 19.6 Å². The second-order valence-corrected chi connectivity index (χ2v) is 7.58. The summed E-state index contributed by atoms with van der Waals surface area (Å²) < 4.78 is 0. The summed E-state index contributed by atoms with van der Waals surface area (Å²) in [6, 6.07) is 8.92. The molecule has 6 nitrogen and oxygen atoms in total. The lowest BCUT2D eigenvalue weighted by molar-refractivity contribution is -0.143. The fraction of sp³-hybridized carbons (Fsp3) is 0.571. The van der Waals surface area contributed by atoms with Gasteiger partial charge in [-0.3, -0.25) is 14.4 Å². The molecule has 3 unspecified atom stereocenters. The lowest BCUT2D eigenvalue weighted by Crippen LogP contribution is -2.45. The molecule has 2 fully saturated rings. The van der Waals surface area contributed by atoms with E-state index in [2.05, 4.69) is 5.32 Å². The molecule has 146 valence electrons. The van der Waals surface area contributed by atoms with Crippen LogP contribution in [-0.2, 0) is 14.4 Å². The number of likely N-dealkylation sites (tertiary alicyclic amines) is 1. The van der Waals surface area contributed by atoms with Gasteiger partial charge in [-0.2, -0.15) is 0 Å². The Morgan fingerprint density at radius 2 is 1.63 bits per heavy atom. The molecule has 3 atom stereocenters. The SMILES string of the molecule is O=C(O)C(CNC(=O)C1CCCCC1C(=O)N1CCCC1)c1ccccc1. The van der Waals surface area contributed by atoms with Crippen LogP contribution in [0.5, 0.6) is 0 Å². The predicted molar refractivity (Wildman–Crippen MR) is 101 cm³/mol. The van der Waals surface area contributed by atoms with Gasteiger partial charge in [-0.1, -0.05) is 43.2 Å². The van der Waals surface area contributed by atoms with Gasteiger partial charge in [0.15, 0.2) is 0 Å². The quantitative estimate of drug-likeness (QED) is 0.803. The third-order valence-electron chi connectivity index (χ3n) is 5.82.